The number of hydrogen-bond donors (Lipinski definition) is 1. The molecule has 1 aromatic heterocycles. The zero-order chi connectivity index (χ0) is 6.69. The summed E-state index contributed by atoms with van der Waals surface area (Å²) in [6, 6.07) is 0. The number of carbonyl (C=O) groups is 1. The standard InChI is InChI=1S/C5H5NO2S/c7-1-4-3-9-5(2-8)6-4/h2-3,7H,1H2. The lowest BCUT2D eigenvalue weighted by atomic mass is 10.5. The molecule has 0 bridgehead atoms. The maximum absolute atomic E-state index is 10.0. The summed E-state index contributed by atoms with van der Waals surface area (Å²) in [5.74, 6) is 0. The second kappa shape index (κ2) is 2.70. The zero-order valence-electron chi connectivity index (χ0n) is 4.57. The van der Waals surface area contributed by atoms with Crippen LogP contribution < -0.4 is 0 Å². The van der Waals surface area contributed by atoms with Gasteiger partial charge in [-0.2, -0.15) is 0 Å². The molecule has 0 unspecified atom stereocenters. The smallest absolute Gasteiger partial charge is 0.178 e. The van der Waals surface area contributed by atoms with E-state index in [1.54, 1.807) is 5.38 Å². The Labute approximate surface area is 56.0 Å². The van der Waals surface area contributed by atoms with E-state index in [1.807, 2.05) is 0 Å². The Hall–Kier alpha value is -0.740. The maximum atomic E-state index is 10.0. The number of nitrogens with zero attached hydrogens (tertiary/aromatic N) is 1. The van der Waals surface area contributed by atoms with Crippen molar-refractivity contribution in [2.24, 2.45) is 0 Å². The molecule has 1 rings (SSSR count). The molecule has 0 saturated heterocycles. The molecule has 0 radical (unpaired) electrons. The number of carbonyl (C=O) groups excluding carboxylic acids is 1. The molecule has 3 nitrogen and oxygen atoms in total. The lowest BCUT2D eigenvalue weighted by Crippen LogP contribution is -1.82. The van der Waals surface area contributed by atoms with E-state index in [1.165, 1.54) is 11.3 Å². The van der Waals surface area contributed by atoms with Gasteiger partial charge in [0, 0.05) is 5.38 Å². The highest BCUT2D eigenvalue weighted by Gasteiger charge is 1.96. The molecule has 1 aromatic rings. The van der Waals surface area contributed by atoms with Crippen LogP contribution in [0.25, 0.3) is 0 Å². The molecule has 1 N–H and O–H groups in total. The van der Waals surface area contributed by atoms with Gasteiger partial charge < -0.3 is 5.11 Å². The third-order valence-electron chi connectivity index (χ3n) is 0.832. The molecular weight excluding hydrogens is 138 g/mol. The van der Waals surface area contributed by atoms with Gasteiger partial charge in [0.25, 0.3) is 0 Å². The number of rotatable bonds is 2. The molecule has 0 amide bonds. The number of hydrogen-bond acceptors (Lipinski definition) is 4. The van der Waals surface area contributed by atoms with E-state index in [4.69, 9.17) is 5.11 Å². The largest absolute Gasteiger partial charge is 0.390 e. The van der Waals surface area contributed by atoms with Gasteiger partial charge in [-0.15, -0.1) is 11.3 Å². The van der Waals surface area contributed by atoms with Gasteiger partial charge in [0.1, 0.15) is 0 Å². The van der Waals surface area contributed by atoms with Gasteiger partial charge in [0.15, 0.2) is 11.3 Å². The average Bonchev–Trinajstić information content (AvgIpc) is 2.34. The SMILES string of the molecule is O=Cc1nc(CO)cs1. The molecule has 1 heterocycles. The monoisotopic (exact) mass is 143 g/mol. The zero-order valence-corrected chi connectivity index (χ0v) is 5.39. The third-order valence-corrected chi connectivity index (χ3v) is 1.65. The summed E-state index contributed by atoms with van der Waals surface area (Å²) in [7, 11) is 0. The van der Waals surface area contributed by atoms with Crippen LogP contribution in [0.1, 0.15) is 15.5 Å². The first-order valence-electron chi connectivity index (χ1n) is 2.37. The predicted molar refractivity (Wildman–Crippen MR) is 33.4 cm³/mol. The van der Waals surface area contributed by atoms with Crippen molar-refractivity contribution in [3.05, 3.63) is 16.1 Å². The van der Waals surface area contributed by atoms with Crippen LogP contribution in [0.15, 0.2) is 5.38 Å². The van der Waals surface area contributed by atoms with E-state index in [-0.39, 0.29) is 6.61 Å². The average molecular weight is 143 g/mol. The first kappa shape index (κ1) is 6.38. The molecule has 0 atom stereocenters. The minimum atomic E-state index is -0.0929. The number of thiazole rings is 1. The second-order valence-electron chi connectivity index (χ2n) is 1.45. The number of aliphatic hydroxyl groups is 1. The van der Waals surface area contributed by atoms with Gasteiger partial charge in [-0.25, -0.2) is 4.98 Å². The minimum absolute atomic E-state index is 0.0929. The Morgan fingerprint density at radius 1 is 1.89 bits per heavy atom. The van der Waals surface area contributed by atoms with Crippen LogP contribution in [0.4, 0.5) is 0 Å². The van der Waals surface area contributed by atoms with E-state index >= 15 is 0 Å². The fourth-order valence-electron chi connectivity index (χ4n) is 0.449. The highest BCUT2D eigenvalue weighted by atomic mass is 32.1. The molecule has 0 spiro atoms. The molecule has 0 aliphatic carbocycles. The minimum Gasteiger partial charge on any atom is -0.390 e. The normalized spacial score (nSPS) is 9.44. The summed E-state index contributed by atoms with van der Waals surface area (Å²) < 4.78 is 0. The van der Waals surface area contributed by atoms with Crippen LogP contribution in [0.5, 0.6) is 0 Å². The van der Waals surface area contributed by atoms with Crippen molar-refractivity contribution < 1.29 is 9.90 Å². The van der Waals surface area contributed by atoms with Crippen molar-refractivity contribution in [2.45, 2.75) is 6.61 Å². The summed E-state index contributed by atoms with van der Waals surface area (Å²) in [6.45, 7) is -0.0929. The van der Waals surface area contributed by atoms with Crippen molar-refractivity contribution in [3.8, 4) is 0 Å². The van der Waals surface area contributed by atoms with E-state index in [0.717, 1.165) is 0 Å². The van der Waals surface area contributed by atoms with E-state index in [2.05, 4.69) is 4.98 Å². The number of aldehydes is 1. The van der Waals surface area contributed by atoms with Gasteiger partial charge >= 0.3 is 0 Å². The second-order valence-corrected chi connectivity index (χ2v) is 2.34. The maximum Gasteiger partial charge on any atom is 0.178 e. The predicted octanol–water partition coefficient (Wildman–Crippen LogP) is 0.448. The van der Waals surface area contributed by atoms with Crippen LogP contribution >= 0.6 is 11.3 Å². The lowest BCUT2D eigenvalue weighted by Gasteiger charge is -1.79. The Balaban J connectivity index is 2.86. The molecule has 48 valence electrons. The van der Waals surface area contributed by atoms with Crippen LogP contribution in [-0.2, 0) is 6.61 Å². The summed E-state index contributed by atoms with van der Waals surface area (Å²) >= 11 is 1.23. The molecule has 0 fully saturated rings. The Morgan fingerprint density at radius 2 is 2.67 bits per heavy atom. The summed E-state index contributed by atoms with van der Waals surface area (Å²) in [5, 5.41) is 10.5. The molecular formula is C5H5NO2S. The van der Waals surface area contributed by atoms with Crippen LogP contribution in [0.3, 0.4) is 0 Å². The van der Waals surface area contributed by atoms with Crippen molar-refractivity contribution in [2.75, 3.05) is 0 Å². The Kier molecular flexibility index (Phi) is 1.92. The van der Waals surface area contributed by atoms with E-state index in [9.17, 15) is 4.79 Å². The van der Waals surface area contributed by atoms with Crippen molar-refractivity contribution in [1.29, 1.82) is 0 Å². The fraction of sp³-hybridized carbons (Fsp3) is 0.200. The van der Waals surface area contributed by atoms with Gasteiger partial charge in [-0.3, -0.25) is 4.79 Å². The molecule has 0 aliphatic rings. The van der Waals surface area contributed by atoms with Crippen LogP contribution in [0.2, 0.25) is 0 Å². The fourth-order valence-corrected chi connectivity index (χ4v) is 1.06. The first-order valence-corrected chi connectivity index (χ1v) is 3.25. The van der Waals surface area contributed by atoms with Gasteiger partial charge in [-0.05, 0) is 0 Å². The Morgan fingerprint density at radius 3 is 3.00 bits per heavy atom. The van der Waals surface area contributed by atoms with Gasteiger partial charge in [0.05, 0.1) is 12.3 Å². The Bertz CT molecular complexity index is 208. The van der Waals surface area contributed by atoms with E-state index < -0.39 is 0 Å². The quantitative estimate of drug-likeness (QED) is 0.611. The molecule has 0 aliphatic heterocycles. The first-order chi connectivity index (χ1) is 4.36. The number of aliphatic hydroxyl groups excluding tert-OH is 1. The van der Waals surface area contributed by atoms with Gasteiger partial charge in [0.2, 0.25) is 0 Å². The highest BCUT2D eigenvalue weighted by molar-refractivity contribution is 7.11. The molecule has 0 saturated carbocycles. The van der Waals surface area contributed by atoms with Crippen molar-refractivity contribution in [3.63, 3.8) is 0 Å². The van der Waals surface area contributed by atoms with E-state index in [0.29, 0.717) is 17.0 Å². The van der Waals surface area contributed by atoms with Crippen molar-refractivity contribution in [1.82, 2.24) is 4.98 Å². The summed E-state index contributed by atoms with van der Waals surface area (Å²) in [6.07, 6.45) is 0.670. The van der Waals surface area contributed by atoms with Crippen LogP contribution in [0, 0.1) is 0 Å². The van der Waals surface area contributed by atoms with Gasteiger partial charge in [-0.1, -0.05) is 0 Å². The number of aromatic nitrogens is 1. The van der Waals surface area contributed by atoms with Crippen LogP contribution in [-0.4, -0.2) is 16.4 Å². The topological polar surface area (TPSA) is 50.2 Å². The summed E-state index contributed by atoms with van der Waals surface area (Å²) in [4.78, 5) is 13.7. The van der Waals surface area contributed by atoms with Crippen molar-refractivity contribution >= 4 is 17.6 Å². The lowest BCUT2D eigenvalue weighted by molar-refractivity contribution is 0.112. The highest BCUT2D eigenvalue weighted by Crippen LogP contribution is 2.05. The summed E-state index contributed by atoms with van der Waals surface area (Å²) in [5.41, 5.74) is 0.558. The third kappa shape index (κ3) is 1.34. The molecule has 0 aromatic carbocycles. The molecule has 9 heavy (non-hydrogen) atoms. The molecule has 4 heteroatoms.